The van der Waals surface area contributed by atoms with Gasteiger partial charge in [0.1, 0.15) is 4.21 Å². The number of thiophene rings is 1. The van der Waals surface area contributed by atoms with E-state index in [9.17, 15) is 8.42 Å². The summed E-state index contributed by atoms with van der Waals surface area (Å²) in [6.45, 7) is 4.11. The van der Waals surface area contributed by atoms with Gasteiger partial charge in [-0.2, -0.15) is 4.31 Å². The van der Waals surface area contributed by atoms with Gasteiger partial charge in [0.05, 0.1) is 4.34 Å². The smallest absolute Gasteiger partial charge is 0.252 e. The van der Waals surface area contributed by atoms with Crippen LogP contribution >= 0.6 is 22.9 Å². The first-order valence-electron chi connectivity index (χ1n) is 9.13. The molecule has 4 heterocycles. The van der Waals surface area contributed by atoms with Crippen LogP contribution in [-0.4, -0.2) is 62.2 Å². The minimum absolute atomic E-state index is 0.298. The van der Waals surface area contributed by atoms with E-state index in [-0.39, 0.29) is 0 Å². The molecule has 4 rings (SSSR count). The van der Waals surface area contributed by atoms with Crippen LogP contribution in [-0.2, 0) is 10.0 Å². The van der Waals surface area contributed by atoms with Gasteiger partial charge in [0.15, 0.2) is 11.6 Å². The molecule has 0 N–H and O–H groups in total. The van der Waals surface area contributed by atoms with Crippen LogP contribution in [0.4, 0.5) is 11.6 Å². The molecule has 2 aromatic rings. The number of aromatic nitrogens is 2. The lowest BCUT2D eigenvalue weighted by molar-refractivity contribution is 0.384. The molecule has 0 saturated carbocycles. The molecule has 0 bridgehead atoms. The average molecular weight is 428 g/mol. The van der Waals surface area contributed by atoms with Crippen LogP contribution in [0, 0.1) is 0 Å². The zero-order valence-electron chi connectivity index (χ0n) is 14.9. The monoisotopic (exact) mass is 427 g/mol. The normalized spacial score (nSPS) is 19.4. The van der Waals surface area contributed by atoms with Gasteiger partial charge in [-0.1, -0.05) is 11.6 Å². The number of nitrogens with zero attached hydrogens (tertiary/aromatic N) is 5. The maximum Gasteiger partial charge on any atom is 0.252 e. The van der Waals surface area contributed by atoms with Gasteiger partial charge in [-0.05, 0) is 43.5 Å². The Hall–Kier alpha value is -1.42. The van der Waals surface area contributed by atoms with E-state index in [0.717, 1.165) is 36.1 Å². The van der Waals surface area contributed by atoms with Gasteiger partial charge in [0, 0.05) is 39.3 Å². The molecule has 0 spiro atoms. The van der Waals surface area contributed by atoms with Crippen LogP contribution < -0.4 is 9.80 Å². The Morgan fingerprint density at radius 1 is 0.815 bits per heavy atom. The van der Waals surface area contributed by atoms with E-state index < -0.39 is 10.0 Å². The van der Waals surface area contributed by atoms with Gasteiger partial charge < -0.3 is 9.80 Å². The van der Waals surface area contributed by atoms with E-state index in [4.69, 9.17) is 11.6 Å². The molecule has 2 fully saturated rings. The lowest BCUT2D eigenvalue weighted by Gasteiger charge is -2.34. The summed E-state index contributed by atoms with van der Waals surface area (Å²) in [5, 5.41) is 8.76. The SMILES string of the molecule is O=S(=O)(c1ccc(Cl)s1)N1CCN(c2ccc(N3CCCCC3)nn2)CC1. The van der Waals surface area contributed by atoms with Gasteiger partial charge in [-0.3, -0.25) is 0 Å². The molecule has 0 unspecified atom stereocenters. The van der Waals surface area contributed by atoms with Gasteiger partial charge in [0.2, 0.25) is 0 Å². The number of halogens is 1. The number of piperazine rings is 1. The minimum atomic E-state index is -3.47. The average Bonchev–Trinajstić information content (AvgIpc) is 3.16. The second-order valence-corrected chi connectivity index (χ2v) is 10.6. The first-order chi connectivity index (χ1) is 13.0. The third kappa shape index (κ3) is 4.06. The minimum Gasteiger partial charge on any atom is -0.355 e. The van der Waals surface area contributed by atoms with Crippen molar-refractivity contribution in [2.24, 2.45) is 0 Å². The number of sulfonamides is 1. The van der Waals surface area contributed by atoms with Crippen molar-refractivity contribution in [1.82, 2.24) is 14.5 Å². The Morgan fingerprint density at radius 2 is 1.41 bits per heavy atom. The highest BCUT2D eigenvalue weighted by Crippen LogP contribution is 2.29. The van der Waals surface area contributed by atoms with Crippen molar-refractivity contribution >= 4 is 44.6 Å². The van der Waals surface area contributed by atoms with Crippen LogP contribution in [0.5, 0.6) is 0 Å². The first-order valence-corrected chi connectivity index (χ1v) is 11.8. The highest BCUT2D eigenvalue weighted by atomic mass is 35.5. The summed E-state index contributed by atoms with van der Waals surface area (Å²) in [6.07, 6.45) is 3.69. The van der Waals surface area contributed by atoms with E-state index in [2.05, 4.69) is 20.0 Å². The Balaban J connectivity index is 1.39. The fraction of sp³-hybridized carbons (Fsp3) is 0.529. The summed E-state index contributed by atoms with van der Waals surface area (Å²) in [4.78, 5) is 4.36. The first kappa shape index (κ1) is 18.9. The Labute approximate surface area is 168 Å². The van der Waals surface area contributed by atoms with Crippen LogP contribution in [0.15, 0.2) is 28.5 Å². The molecule has 0 atom stereocenters. The molecule has 10 heteroatoms. The molecule has 0 radical (unpaired) electrons. The number of rotatable bonds is 4. The predicted molar refractivity (Wildman–Crippen MR) is 108 cm³/mol. The molecule has 2 aliphatic rings. The Bertz CT molecular complexity index is 873. The molecule has 146 valence electrons. The number of hydrogen-bond acceptors (Lipinski definition) is 7. The summed E-state index contributed by atoms with van der Waals surface area (Å²) < 4.78 is 27.7. The third-order valence-corrected chi connectivity index (χ3v) is 8.62. The summed E-state index contributed by atoms with van der Waals surface area (Å²) in [6, 6.07) is 7.19. The van der Waals surface area contributed by atoms with Crippen molar-refractivity contribution in [3.05, 3.63) is 28.6 Å². The molecule has 0 amide bonds. The molecule has 27 heavy (non-hydrogen) atoms. The van der Waals surface area contributed by atoms with Crippen molar-refractivity contribution in [2.45, 2.75) is 23.5 Å². The van der Waals surface area contributed by atoms with E-state index in [0.29, 0.717) is 34.7 Å². The number of piperidine rings is 1. The maximum absolute atomic E-state index is 12.7. The number of hydrogen-bond donors (Lipinski definition) is 0. The second-order valence-electron chi connectivity index (χ2n) is 6.75. The maximum atomic E-state index is 12.7. The van der Waals surface area contributed by atoms with Crippen molar-refractivity contribution in [3.63, 3.8) is 0 Å². The van der Waals surface area contributed by atoms with E-state index in [1.807, 2.05) is 12.1 Å². The van der Waals surface area contributed by atoms with E-state index in [1.54, 1.807) is 12.1 Å². The molecule has 2 aliphatic heterocycles. The third-order valence-electron chi connectivity index (χ3n) is 5.02. The van der Waals surface area contributed by atoms with Crippen LogP contribution in [0.1, 0.15) is 19.3 Å². The molecule has 0 aromatic carbocycles. The van der Waals surface area contributed by atoms with Crippen LogP contribution in [0.2, 0.25) is 4.34 Å². The molecule has 2 aromatic heterocycles. The zero-order chi connectivity index (χ0) is 18.9. The van der Waals surface area contributed by atoms with E-state index in [1.165, 1.54) is 23.6 Å². The largest absolute Gasteiger partial charge is 0.355 e. The van der Waals surface area contributed by atoms with Gasteiger partial charge in [-0.25, -0.2) is 8.42 Å². The Kier molecular flexibility index (Phi) is 5.54. The molecular weight excluding hydrogens is 406 g/mol. The van der Waals surface area contributed by atoms with Crippen molar-refractivity contribution in [1.29, 1.82) is 0 Å². The number of anilines is 2. The second kappa shape index (κ2) is 7.90. The fourth-order valence-electron chi connectivity index (χ4n) is 3.50. The van der Waals surface area contributed by atoms with Crippen LogP contribution in [0.25, 0.3) is 0 Å². The fourth-order valence-corrected chi connectivity index (χ4v) is 6.56. The lowest BCUT2D eigenvalue weighted by Crippen LogP contribution is -2.48. The molecule has 7 nitrogen and oxygen atoms in total. The lowest BCUT2D eigenvalue weighted by atomic mass is 10.1. The topological polar surface area (TPSA) is 69.6 Å². The van der Waals surface area contributed by atoms with Gasteiger partial charge in [-0.15, -0.1) is 21.5 Å². The van der Waals surface area contributed by atoms with E-state index >= 15 is 0 Å². The Morgan fingerprint density at radius 3 is 1.93 bits per heavy atom. The van der Waals surface area contributed by atoms with Gasteiger partial charge >= 0.3 is 0 Å². The highest BCUT2D eigenvalue weighted by molar-refractivity contribution is 7.91. The summed E-state index contributed by atoms with van der Waals surface area (Å²) >= 11 is 6.98. The standard InChI is InChI=1S/C17H22ClN5O2S2/c18-14-4-7-17(26-14)27(24,25)23-12-10-22(11-13-23)16-6-5-15(19-20-16)21-8-2-1-3-9-21/h4-7H,1-3,8-13H2. The molecular formula is C17H22ClN5O2S2. The predicted octanol–water partition coefficient (Wildman–Crippen LogP) is 2.69. The van der Waals surface area contributed by atoms with Gasteiger partial charge in [0.25, 0.3) is 10.0 Å². The summed E-state index contributed by atoms with van der Waals surface area (Å²) in [7, 11) is -3.47. The van der Waals surface area contributed by atoms with Crippen molar-refractivity contribution in [3.8, 4) is 0 Å². The zero-order valence-corrected chi connectivity index (χ0v) is 17.3. The molecule has 0 aliphatic carbocycles. The van der Waals surface area contributed by atoms with Crippen LogP contribution in [0.3, 0.4) is 0 Å². The quantitative estimate of drug-likeness (QED) is 0.747. The summed E-state index contributed by atoms with van der Waals surface area (Å²) in [5.74, 6) is 1.72. The molecule has 2 saturated heterocycles. The van der Waals surface area contributed by atoms with Crippen molar-refractivity contribution < 1.29 is 8.42 Å². The summed E-state index contributed by atoms with van der Waals surface area (Å²) in [5.41, 5.74) is 0. The highest BCUT2D eigenvalue weighted by Gasteiger charge is 2.30. The van der Waals surface area contributed by atoms with Crippen molar-refractivity contribution in [2.75, 3.05) is 49.1 Å².